The van der Waals surface area contributed by atoms with Crippen molar-refractivity contribution in [3.63, 3.8) is 0 Å². The molecule has 2 heterocycles. The maximum Gasteiger partial charge on any atom is 0.0521 e. The Bertz CT molecular complexity index is 263. The lowest BCUT2D eigenvalue weighted by Gasteiger charge is -2.20. The molecule has 2 nitrogen and oxygen atoms in total. The van der Waals surface area contributed by atoms with Crippen molar-refractivity contribution < 1.29 is 0 Å². The van der Waals surface area contributed by atoms with E-state index >= 15 is 0 Å². The molecule has 1 unspecified atom stereocenters. The molecule has 1 atom stereocenters. The molecule has 0 radical (unpaired) electrons. The number of hydrogen-bond acceptors (Lipinski definition) is 1. The zero-order valence-electron chi connectivity index (χ0n) is 7.17. The van der Waals surface area contributed by atoms with Crippen LogP contribution >= 0.6 is 0 Å². The van der Waals surface area contributed by atoms with E-state index in [0.29, 0.717) is 5.92 Å². The van der Waals surface area contributed by atoms with Gasteiger partial charge >= 0.3 is 0 Å². The number of aromatic nitrogens is 2. The lowest BCUT2D eigenvalue weighted by Crippen LogP contribution is -2.14. The van der Waals surface area contributed by atoms with Gasteiger partial charge < -0.3 is 0 Å². The van der Waals surface area contributed by atoms with Crippen LogP contribution in [-0.4, -0.2) is 9.78 Å². The highest BCUT2D eigenvalue weighted by molar-refractivity contribution is 5.20. The van der Waals surface area contributed by atoms with Gasteiger partial charge in [0.15, 0.2) is 0 Å². The Kier molecular flexibility index (Phi) is 1.48. The maximum atomic E-state index is 4.32. The Morgan fingerprint density at radius 1 is 1.64 bits per heavy atom. The van der Waals surface area contributed by atoms with Crippen molar-refractivity contribution in [2.75, 3.05) is 0 Å². The Balaban J connectivity index is 2.48. The van der Waals surface area contributed by atoms with E-state index in [-0.39, 0.29) is 0 Å². The molecule has 0 fully saturated rings. The van der Waals surface area contributed by atoms with Crippen LogP contribution in [0.3, 0.4) is 0 Å². The third-order valence-electron chi connectivity index (χ3n) is 2.55. The summed E-state index contributed by atoms with van der Waals surface area (Å²) in [5.74, 6) is 0.714. The molecular weight excluding hydrogens is 136 g/mol. The van der Waals surface area contributed by atoms with E-state index in [4.69, 9.17) is 0 Å². The first-order chi connectivity index (χ1) is 5.29. The summed E-state index contributed by atoms with van der Waals surface area (Å²) in [6.07, 6.45) is 4.60. The summed E-state index contributed by atoms with van der Waals surface area (Å²) in [4.78, 5) is 0. The summed E-state index contributed by atoms with van der Waals surface area (Å²) in [6, 6.07) is 0. The van der Waals surface area contributed by atoms with Gasteiger partial charge in [0.1, 0.15) is 0 Å². The van der Waals surface area contributed by atoms with Crippen molar-refractivity contribution in [3.05, 3.63) is 17.5 Å². The fraction of sp³-hybridized carbons (Fsp3) is 0.667. The van der Waals surface area contributed by atoms with Crippen LogP contribution in [-0.2, 0) is 6.54 Å². The molecule has 0 aliphatic carbocycles. The maximum absolute atomic E-state index is 4.32. The van der Waals surface area contributed by atoms with Gasteiger partial charge in [-0.15, -0.1) is 0 Å². The first kappa shape index (κ1) is 6.89. The molecule has 0 saturated carbocycles. The molecule has 0 spiro atoms. The quantitative estimate of drug-likeness (QED) is 0.553. The van der Waals surface area contributed by atoms with Crippen molar-refractivity contribution >= 4 is 0 Å². The third-order valence-corrected chi connectivity index (χ3v) is 2.55. The average Bonchev–Trinajstić information content (AvgIpc) is 2.34. The minimum Gasteiger partial charge on any atom is -0.269 e. The second-order valence-corrected chi connectivity index (χ2v) is 3.48. The summed E-state index contributed by atoms with van der Waals surface area (Å²) in [5.41, 5.74) is 2.81. The van der Waals surface area contributed by atoms with E-state index in [9.17, 15) is 0 Å². The van der Waals surface area contributed by atoms with E-state index in [1.165, 1.54) is 24.1 Å². The molecule has 11 heavy (non-hydrogen) atoms. The standard InChI is InChI=1S/C9H14N2/c1-7-4-3-5-11-9(7)8(2)6-10-11/h6-7H,3-5H2,1-2H3. The van der Waals surface area contributed by atoms with E-state index in [0.717, 1.165) is 6.54 Å². The van der Waals surface area contributed by atoms with Crippen molar-refractivity contribution in [1.29, 1.82) is 0 Å². The normalized spacial score (nSPS) is 23.3. The highest BCUT2D eigenvalue weighted by Gasteiger charge is 2.18. The van der Waals surface area contributed by atoms with Gasteiger partial charge in [0.05, 0.1) is 6.20 Å². The third kappa shape index (κ3) is 0.971. The topological polar surface area (TPSA) is 17.8 Å². The van der Waals surface area contributed by atoms with E-state index < -0.39 is 0 Å². The van der Waals surface area contributed by atoms with Gasteiger partial charge in [-0.05, 0) is 31.2 Å². The van der Waals surface area contributed by atoms with Gasteiger partial charge in [-0.1, -0.05) is 6.92 Å². The lowest BCUT2D eigenvalue weighted by atomic mass is 9.96. The molecule has 0 amide bonds. The Hall–Kier alpha value is -0.790. The summed E-state index contributed by atoms with van der Waals surface area (Å²) in [6.45, 7) is 5.56. The summed E-state index contributed by atoms with van der Waals surface area (Å²) in [7, 11) is 0. The van der Waals surface area contributed by atoms with E-state index in [1.54, 1.807) is 0 Å². The first-order valence-electron chi connectivity index (χ1n) is 4.31. The number of aryl methyl sites for hydroxylation is 2. The van der Waals surface area contributed by atoms with E-state index in [2.05, 4.69) is 23.6 Å². The Labute approximate surface area is 67.2 Å². The van der Waals surface area contributed by atoms with Gasteiger partial charge in [0.2, 0.25) is 0 Å². The number of nitrogens with zero attached hydrogens (tertiary/aromatic N) is 2. The molecule has 2 heteroatoms. The Morgan fingerprint density at radius 3 is 3.18 bits per heavy atom. The van der Waals surface area contributed by atoms with Crippen LogP contribution in [0.1, 0.15) is 36.9 Å². The largest absolute Gasteiger partial charge is 0.269 e. The monoisotopic (exact) mass is 150 g/mol. The predicted octanol–water partition coefficient (Wildman–Crippen LogP) is 2.09. The zero-order chi connectivity index (χ0) is 7.84. The van der Waals surface area contributed by atoms with Crippen molar-refractivity contribution in [2.24, 2.45) is 0 Å². The van der Waals surface area contributed by atoms with Gasteiger partial charge in [-0.2, -0.15) is 5.10 Å². The molecule has 0 aromatic carbocycles. The lowest BCUT2D eigenvalue weighted by molar-refractivity contribution is 0.439. The SMILES string of the molecule is Cc1cnn2c1C(C)CCC2. The highest BCUT2D eigenvalue weighted by Crippen LogP contribution is 2.28. The Morgan fingerprint density at radius 2 is 2.45 bits per heavy atom. The molecule has 1 aromatic rings. The van der Waals surface area contributed by atoms with Crippen LogP contribution in [0.25, 0.3) is 0 Å². The predicted molar refractivity (Wildman–Crippen MR) is 44.6 cm³/mol. The van der Waals surface area contributed by atoms with Gasteiger partial charge in [-0.25, -0.2) is 0 Å². The molecular formula is C9H14N2. The smallest absolute Gasteiger partial charge is 0.0521 e. The fourth-order valence-electron chi connectivity index (χ4n) is 1.99. The first-order valence-corrected chi connectivity index (χ1v) is 4.31. The second kappa shape index (κ2) is 2.36. The van der Waals surface area contributed by atoms with Crippen LogP contribution in [0.4, 0.5) is 0 Å². The second-order valence-electron chi connectivity index (χ2n) is 3.48. The minimum absolute atomic E-state index is 0.714. The van der Waals surface area contributed by atoms with Gasteiger partial charge in [-0.3, -0.25) is 4.68 Å². The molecule has 0 saturated heterocycles. The number of rotatable bonds is 0. The van der Waals surface area contributed by atoms with Crippen LogP contribution < -0.4 is 0 Å². The van der Waals surface area contributed by atoms with Crippen LogP contribution in [0, 0.1) is 6.92 Å². The van der Waals surface area contributed by atoms with Crippen LogP contribution in [0.5, 0.6) is 0 Å². The minimum atomic E-state index is 0.714. The van der Waals surface area contributed by atoms with Gasteiger partial charge in [0, 0.05) is 12.2 Å². The van der Waals surface area contributed by atoms with Crippen molar-refractivity contribution in [1.82, 2.24) is 9.78 Å². The average molecular weight is 150 g/mol. The molecule has 0 N–H and O–H groups in total. The van der Waals surface area contributed by atoms with Gasteiger partial charge in [0.25, 0.3) is 0 Å². The summed E-state index contributed by atoms with van der Waals surface area (Å²) >= 11 is 0. The highest BCUT2D eigenvalue weighted by atomic mass is 15.3. The van der Waals surface area contributed by atoms with Crippen LogP contribution in [0.15, 0.2) is 6.20 Å². The van der Waals surface area contributed by atoms with Crippen molar-refractivity contribution in [3.8, 4) is 0 Å². The number of hydrogen-bond donors (Lipinski definition) is 0. The summed E-state index contributed by atoms with van der Waals surface area (Å²) < 4.78 is 2.16. The molecule has 60 valence electrons. The number of fused-ring (bicyclic) bond motifs is 1. The van der Waals surface area contributed by atoms with E-state index in [1.807, 2.05) is 6.20 Å². The molecule has 2 rings (SSSR count). The van der Waals surface area contributed by atoms with Crippen LogP contribution in [0.2, 0.25) is 0 Å². The summed E-state index contributed by atoms with van der Waals surface area (Å²) in [5, 5.41) is 4.32. The molecule has 1 aliphatic rings. The fourth-order valence-corrected chi connectivity index (χ4v) is 1.99. The zero-order valence-corrected chi connectivity index (χ0v) is 7.17. The molecule has 1 aromatic heterocycles. The molecule has 1 aliphatic heterocycles. The molecule has 0 bridgehead atoms. The van der Waals surface area contributed by atoms with Crippen molar-refractivity contribution in [2.45, 2.75) is 39.2 Å².